The number of rotatable bonds is 10. The zero-order valence-electron chi connectivity index (χ0n) is 21.4. The molecule has 0 radical (unpaired) electrons. The number of nitrogens with zero attached hydrogens (tertiary/aromatic N) is 4. The molecule has 1 amide bonds. The van der Waals surface area contributed by atoms with Gasteiger partial charge in [-0.15, -0.1) is 21.5 Å². The van der Waals surface area contributed by atoms with Gasteiger partial charge in [0, 0.05) is 38.8 Å². The van der Waals surface area contributed by atoms with Crippen LogP contribution in [0.4, 0.5) is 5.13 Å². The molecule has 0 bridgehead atoms. The third kappa shape index (κ3) is 6.42. The third-order valence-electron chi connectivity index (χ3n) is 5.80. The summed E-state index contributed by atoms with van der Waals surface area (Å²) in [6.45, 7) is 0. The van der Waals surface area contributed by atoms with Crippen molar-refractivity contribution < 1.29 is 14.3 Å². The van der Waals surface area contributed by atoms with Crippen LogP contribution < -0.4 is 14.8 Å². The lowest BCUT2D eigenvalue weighted by atomic mass is 10.1. The molecule has 1 N–H and O–H groups in total. The molecule has 0 atom stereocenters. The van der Waals surface area contributed by atoms with E-state index in [1.807, 2.05) is 59.2 Å². The fourth-order valence-corrected chi connectivity index (χ4v) is 6.00. The first-order chi connectivity index (χ1) is 19.4. The highest BCUT2D eigenvalue weighted by Gasteiger charge is 2.19. The van der Waals surface area contributed by atoms with Gasteiger partial charge in [0.2, 0.25) is 5.91 Å². The minimum Gasteiger partial charge on any atom is -0.493 e. The second-order valence-corrected chi connectivity index (χ2v) is 11.3. The van der Waals surface area contributed by atoms with Gasteiger partial charge in [0.15, 0.2) is 27.6 Å². The van der Waals surface area contributed by atoms with E-state index in [1.54, 1.807) is 32.5 Å². The zero-order chi connectivity index (χ0) is 28.1. The molecule has 0 aliphatic carbocycles. The average Bonchev–Trinajstić information content (AvgIpc) is 3.60. The van der Waals surface area contributed by atoms with Gasteiger partial charge in [0.1, 0.15) is 0 Å². The number of aromatic nitrogens is 4. The Balaban J connectivity index is 1.31. The number of methoxy groups -OCH3 is 2. The number of anilines is 1. The highest BCUT2D eigenvalue weighted by atomic mass is 35.5. The van der Waals surface area contributed by atoms with Crippen molar-refractivity contribution in [1.29, 1.82) is 0 Å². The standard InChI is InChI=1S/C28H23Cl2N5O3S2/c1-37-23-11-9-18(13-24(23)38-2)26-33-34-28(35(26)20-6-4-3-5-7-20)39-16-25(36)32-27-31-15-21(40-27)12-17-8-10-19(29)14-22(17)30/h3-11,13-15H,12,16H2,1-2H3,(H,31,32,36). The summed E-state index contributed by atoms with van der Waals surface area (Å²) in [4.78, 5) is 18.1. The zero-order valence-corrected chi connectivity index (χ0v) is 24.6. The topological polar surface area (TPSA) is 91.2 Å². The molecule has 0 unspecified atom stereocenters. The van der Waals surface area contributed by atoms with Gasteiger partial charge in [-0.3, -0.25) is 9.36 Å². The Hall–Kier alpha value is -3.57. The molecule has 0 saturated carbocycles. The maximum Gasteiger partial charge on any atom is 0.236 e. The minimum atomic E-state index is -0.203. The van der Waals surface area contributed by atoms with Gasteiger partial charge in [0.25, 0.3) is 0 Å². The van der Waals surface area contributed by atoms with E-state index in [0.717, 1.165) is 21.7 Å². The summed E-state index contributed by atoms with van der Waals surface area (Å²) < 4.78 is 12.8. The van der Waals surface area contributed by atoms with Gasteiger partial charge in [0.05, 0.1) is 20.0 Å². The first kappa shape index (κ1) is 28.0. The van der Waals surface area contributed by atoms with Gasteiger partial charge in [-0.1, -0.05) is 59.2 Å². The Morgan fingerprint density at radius 3 is 2.55 bits per heavy atom. The van der Waals surface area contributed by atoms with Crippen molar-refractivity contribution in [1.82, 2.24) is 19.7 Å². The van der Waals surface area contributed by atoms with E-state index < -0.39 is 0 Å². The molecule has 0 aliphatic heterocycles. The average molecular weight is 613 g/mol. The van der Waals surface area contributed by atoms with Crippen LogP contribution in [0.3, 0.4) is 0 Å². The summed E-state index contributed by atoms with van der Waals surface area (Å²) in [5, 5.41) is 14.0. The highest BCUT2D eigenvalue weighted by Crippen LogP contribution is 2.34. The molecule has 5 aromatic rings. The second kappa shape index (κ2) is 12.7. The van der Waals surface area contributed by atoms with E-state index in [9.17, 15) is 4.79 Å². The number of amides is 1. The Morgan fingerprint density at radius 1 is 1.00 bits per heavy atom. The molecule has 204 valence electrons. The normalized spacial score (nSPS) is 10.9. The summed E-state index contributed by atoms with van der Waals surface area (Å²) >= 11 is 15.0. The fraction of sp³-hybridized carbons (Fsp3) is 0.143. The van der Waals surface area contributed by atoms with Gasteiger partial charge in [-0.2, -0.15) is 0 Å². The van der Waals surface area contributed by atoms with Crippen LogP contribution in [0.2, 0.25) is 10.0 Å². The van der Waals surface area contributed by atoms with Gasteiger partial charge in [-0.25, -0.2) is 4.98 Å². The predicted molar refractivity (Wildman–Crippen MR) is 161 cm³/mol. The molecule has 12 heteroatoms. The largest absolute Gasteiger partial charge is 0.493 e. The molecule has 0 spiro atoms. The van der Waals surface area contributed by atoms with E-state index in [-0.39, 0.29) is 11.7 Å². The fourth-order valence-electron chi connectivity index (χ4n) is 3.92. The molecular formula is C28H23Cl2N5O3S2. The lowest BCUT2D eigenvalue weighted by Crippen LogP contribution is -2.14. The molecule has 0 saturated heterocycles. The summed E-state index contributed by atoms with van der Waals surface area (Å²) in [7, 11) is 3.17. The molecule has 8 nitrogen and oxygen atoms in total. The molecule has 0 aliphatic rings. The predicted octanol–water partition coefficient (Wildman–Crippen LogP) is 7.04. The van der Waals surface area contributed by atoms with E-state index in [4.69, 9.17) is 32.7 Å². The maximum absolute atomic E-state index is 12.8. The molecule has 3 aromatic carbocycles. The van der Waals surface area contributed by atoms with E-state index in [0.29, 0.717) is 44.1 Å². The number of ether oxygens (including phenoxy) is 2. The number of thiazole rings is 1. The van der Waals surface area contributed by atoms with Crippen LogP contribution in [0.15, 0.2) is 78.1 Å². The van der Waals surface area contributed by atoms with Gasteiger partial charge in [-0.05, 0) is 48.0 Å². The number of carbonyl (C=O) groups excluding carboxylic acids is 1. The molecule has 5 rings (SSSR count). The highest BCUT2D eigenvalue weighted by molar-refractivity contribution is 7.99. The van der Waals surface area contributed by atoms with E-state index >= 15 is 0 Å². The molecule has 2 heterocycles. The molecular weight excluding hydrogens is 589 g/mol. The van der Waals surface area contributed by atoms with Crippen LogP contribution in [0.25, 0.3) is 17.1 Å². The Bertz CT molecular complexity index is 1640. The SMILES string of the molecule is COc1ccc(-c2nnc(SCC(=O)Nc3ncc(Cc4ccc(Cl)cc4Cl)s3)n2-c2ccccc2)cc1OC. The monoisotopic (exact) mass is 611 g/mol. The van der Waals surface area contributed by atoms with Gasteiger partial charge < -0.3 is 14.8 Å². The molecule has 40 heavy (non-hydrogen) atoms. The second-order valence-electron chi connectivity index (χ2n) is 8.43. The number of benzene rings is 3. The van der Waals surface area contributed by atoms with Crippen molar-refractivity contribution in [2.24, 2.45) is 0 Å². The number of para-hydroxylation sites is 1. The summed E-state index contributed by atoms with van der Waals surface area (Å²) in [5.74, 6) is 1.72. The molecule has 2 aromatic heterocycles. The number of thioether (sulfide) groups is 1. The quantitative estimate of drug-likeness (QED) is 0.169. The van der Waals surface area contributed by atoms with Crippen molar-refractivity contribution in [3.8, 4) is 28.6 Å². The first-order valence-corrected chi connectivity index (χ1v) is 14.6. The van der Waals surface area contributed by atoms with Gasteiger partial charge >= 0.3 is 0 Å². The first-order valence-electron chi connectivity index (χ1n) is 12.0. The van der Waals surface area contributed by atoms with Crippen LogP contribution in [0.1, 0.15) is 10.4 Å². The Morgan fingerprint density at radius 2 is 1.80 bits per heavy atom. The van der Waals surface area contributed by atoms with Crippen molar-refractivity contribution in [3.05, 3.63) is 93.4 Å². The van der Waals surface area contributed by atoms with Crippen LogP contribution in [-0.4, -0.2) is 45.6 Å². The summed E-state index contributed by atoms with van der Waals surface area (Å²) in [5.41, 5.74) is 2.60. The van der Waals surface area contributed by atoms with Crippen molar-refractivity contribution in [2.75, 3.05) is 25.3 Å². The van der Waals surface area contributed by atoms with Crippen LogP contribution in [-0.2, 0) is 11.2 Å². The van der Waals surface area contributed by atoms with E-state index in [2.05, 4.69) is 20.5 Å². The summed E-state index contributed by atoms with van der Waals surface area (Å²) in [6.07, 6.45) is 2.33. The maximum atomic E-state index is 12.8. The lowest BCUT2D eigenvalue weighted by Gasteiger charge is -2.12. The number of hydrogen-bond donors (Lipinski definition) is 1. The van der Waals surface area contributed by atoms with Crippen LogP contribution in [0, 0.1) is 0 Å². The number of carbonyl (C=O) groups is 1. The number of halogens is 2. The smallest absolute Gasteiger partial charge is 0.236 e. The van der Waals surface area contributed by atoms with Crippen molar-refractivity contribution in [3.63, 3.8) is 0 Å². The minimum absolute atomic E-state index is 0.120. The lowest BCUT2D eigenvalue weighted by molar-refractivity contribution is -0.113. The summed E-state index contributed by atoms with van der Waals surface area (Å²) in [6, 6.07) is 20.7. The number of hydrogen-bond acceptors (Lipinski definition) is 8. The number of nitrogens with one attached hydrogen (secondary N) is 1. The van der Waals surface area contributed by atoms with Crippen molar-refractivity contribution >= 4 is 57.3 Å². The van der Waals surface area contributed by atoms with E-state index in [1.165, 1.54) is 23.1 Å². The van der Waals surface area contributed by atoms with Crippen LogP contribution >= 0.6 is 46.3 Å². The van der Waals surface area contributed by atoms with Crippen molar-refractivity contribution in [2.45, 2.75) is 11.6 Å². The Kier molecular flexibility index (Phi) is 8.91. The Labute approximate surface area is 249 Å². The molecule has 0 fully saturated rings. The van der Waals surface area contributed by atoms with Crippen LogP contribution in [0.5, 0.6) is 11.5 Å². The third-order valence-corrected chi connectivity index (χ3v) is 8.23.